The molecule has 2 N–H and O–H groups in total. The first kappa shape index (κ1) is 15.8. The van der Waals surface area contributed by atoms with Crippen molar-refractivity contribution in [2.24, 2.45) is 5.73 Å². The predicted molar refractivity (Wildman–Crippen MR) is 83.5 cm³/mol. The molecule has 1 saturated heterocycles. The maximum Gasteiger partial charge on any atom is 0.260 e. The van der Waals surface area contributed by atoms with E-state index in [1.54, 1.807) is 0 Å². The average molecular weight is 291 g/mol. The summed E-state index contributed by atoms with van der Waals surface area (Å²) in [6, 6.07) is 5.99. The molecule has 21 heavy (non-hydrogen) atoms. The van der Waals surface area contributed by atoms with Crippen LogP contribution in [-0.4, -0.2) is 61.6 Å². The molecule has 116 valence electrons. The number of nitrogens with two attached hydrogens (primary N) is 1. The van der Waals surface area contributed by atoms with Gasteiger partial charge in [-0.2, -0.15) is 0 Å². The molecule has 1 aromatic carbocycles. The topological polar surface area (TPSA) is 58.8 Å². The zero-order chi connectivity index (χ0) is 15.2. The SMILES string of the molecule is Cc1cccc(C)c1OCC(=O)N1CCN(CCN)CC1. The van der Waals surface area contributed by atoms with Crippen LogP contribution in [0.4, 0.5) is 0 Å². The van der Waals surface area contributed by atoms with Crippen LogP contribution < -0.4 is 10.5 Å². The van der Waals surface area contributed by atoms with Crippen molar-refractivity contribution in [3.8, 4) is 5.75 Å². The zero-order valence-electron chi connectivity index (χ0n) is 13.0. The number of carbonyl (C=O) groups excluding carboxylic acids is 1. The van der Waals surface area contributed by atoms with Crippen molar-refractivity contribution in [1.29, 1.82) is 0 Å². The molecule has 1 fully saturated rings. The Morgan fingerprint density at radius 1 is 1.19 bits per heavy atom. The van der Waals surface area contributed by atoms with Gasteiger partial charge in [0.2, 0.25) is 0 Å². The Hall–Kier alpha value is -1.59. The highest BCUT2D eigenvalue weighted by molar-refractivity contribution is 5.78. The number of benzene rings is 1. The molecule has 5 nitrogen and oxygen atoms in total. The van der Waals surface area contributed by atoms with Crippen molar-refractivity contribution in [2.45, 2.75) is 13.8 Å². The highest BCUT2D eigenvalue weighted by Gasteiger charge is 2.21. The van der Waals surface area contributed by atoms with Crippen LogP contribution in [0.15, 0.2) is 18.2 Å². The minimum absolute atomic E-state index is 0.0602. The fourth-order valence-electron chi connectivity index (χ4n) is 2.66. The molecule has 0 spiro atoms. The van der Waals surface area contributed by atoms with E-state index in [1.165, 1.54) is 0 Å². The number of carbonyl (C=O) groups is 1. The van der Waals surface area contributed by atoms with Crippen LogP contribution in [0.1, 0.15) is 11.1 Å². The van der Waals surface area contributed by atoms with Gasteiger partial charge in [-0.15, -0.1) is 0 Å². The number of para-hydroxylation sites is 1. The summed E-state index contributed by atoms with van der Waals surface area (Å²) in [7, 11) is 0. The van der Waals surface area contributed by atoms with Gasteiger partial charge in [-0.1, -0.05) is 18.2 Å². The van der Waals surface area contributed by atoms with E-state index < -0.39 is 0 Å². The molecule has 2 rings (SSSR count). The summed E-state index contributed by atoms with van der Waals surface area (Å²) >= 11 is 0. The summed E-state index contributed by atoms with van der Waals surface area (Å²) in [4.78, 5) is 16.4. The van der Waals surface area contributed by atoms with E-state index in [0.29, 0.717) is 6.54 Å². The molecule has 1 aliphatic rings. The third-order valence-corrected chi connectivity index (χ3v) is 3.92. The maximum atomic E-state index is 12.2. The lowest BCUT2D eigenvalue weighted by Gasteiger charge is -2.34. The molecule has 1 heterocycles. The van der Waals surface area contributed by atoms with Crippen molar-refractivity contribution >= 4 is 5.91 Å². The van der Waals surface area contributed by atoms with Gasteiger partial charge in [0.05, 0.1) is 0 Å². The summed E-state index contributed by atoms with van der Waals surface area (Å²) < 4.78 is 5.73. The van der Waals surface area contributed by atoms with E-state index in [2.05, 4.69) is 4.90 Å². The molecule has 0 aliphatic carbocycles. The molecule has 0 radical (unpaired) electrons. The first-order valence-electron chi connectivity index (χ1n) is 7.51. The molecule has 0 aromatic heterocycles. The lowest BCUT2D eigenvalue weighted by atomic mass is 10.1. The van der Waals surface area contributed by atoms with E-state index in [9.17, 15) is 4.79 Å². The van der Waals surface area contributed by atoms with Gasteiger partial charge in [-0.05, 0) is 25.0 Å². The first-order valence-corrected chi connectivity index (χ1v) is 7.51. The van der Waals surface area contributed by atoms with Gasteiger partial charge in [0, 0.05) is 39.3 Å². The van der Waals surface area contributed by atoms with E-state index in [4.69, 9.17) is 10.5 Å². The molecule has 1 aliphatic heterocycles. The third-order valence-electron chi connectivity index (χ3n) is 3.92. The predicted octanol–water partition coefficient (Wildman–Crippen LogP) is 0.785. The number of hydrogen-bond donors (Lipinski definition) is 1. The van der Waals surface area contributed by atoms with Gasteiger partial charge in [0.1, 0.15) is 5.75 Å². The monoisotopic (exact) mass is 291 g/mol. The summed E-state index contributed by atoms with van der Waals surface area (Å²) in [6.45, 7) is 8.99. The fraction of sp³-hybridized carbons (Fsp3) is 0.562. The first-order chi connectivity index (χ1) is 10.1. The van der Waals surface area contributed by atoms with Crippen LogP contribution in [0.5, 0.6) is 5.75 Å². The molecular formula is C16H25N3O2. The molecule has 0 bridgehead atoms. The lowest BCUT2D eigenvalue weighted by molar-refractivity contribution is -0.135. The second-order valence-corrected chi connectivity index (χ2v) is 5.52. The average Bonchev–Trinajstić information content (AvgIpc) is 2.47. The highest BCUT2D eigenvalue weighted by atomic mass is 16.5. The number of aryl methyl sites for hydroxylation is 2. The summed E-state index contributed by atoms with van der Waals surface area (Å²) in [5.74, 6) is 0.887. The smallest absolute Gasteiger partial charge is 0.260 e. The number of nitrogens with zero attached hydrogens (tertiary/aromatic N) is 2. The molecule has 1 aromatic rings. The van der Waals surface area contributed by atoms with Gasteiger partial charge in [-0.3, -0.25) is 9.69 Å². The highest BCUT2D eigenvalue weighted by Crippen LogP contribution is 2.22. The Bertz CT molecular complexity index is 462. The molecule has 5 heteroatoms. The van der Waals surface area contributed by atoms with Crippen LogP contribution in [-0.2, 0) is 4.79 Å². The van der Waals surface area contributed by atoms with Crippen LogP contribution in [0.3, 0.4) is 0 Å². The Morgan fingerprint density at radius 3 is 2.38 bits per heavy atom. The zero-order valence-corrected chi connectivity index (χ0v) is 13.0. The minimum Gasteiger partial charge on any atom is -0.483 e. The van der Waals surface area contributed by atoms with Gasteiger partial charge in [0.15, 0.2) is 6.61 Å². The number of ether oxygens (including phenoxy) is 1. The van der Waals surface area contributed by atoms with Crippen molar-refractivity contribution < 1.29 is 9.53 Å². The van der Waals surface area contributed by atoms with Crippen molar-refractivity contribution in [3.63, 3.8) is 0 Å². The second kappa shape index (κ2) is 7.43. The fourth-order valence-corrected chi connectivity index (χ4v) is 2.66. The molecular weight excluding hydrogens is 266 g/mol. The minimum atomic E-state index is 0.0602. The Kier molecular flexibility index (Phi) is 5.59. The van der Waals surface area contributed by atoms with Gasteiger partial charge in [0.25, 0.3) is 5.91 Å². The van der Waals surface area contributed by atoms with Crippen LogP contribution in [0, 0.1) is 13.8 Å². The number of amides is 1. The van der Waals surface area contributed by atoms with Crippen molar-refractivity contribution in [1.82, 2.24) is 9.80 Å². The van der Waals surface area contributed by atoms with Crippen molar-refractivity contribution in [2.75, 3.05) is 45.9 Å². The Balaban J connectivity index is 1.83. The van der Waals surface area contributed by atoms with Gasteiger partial charge >= 0.3 is 0 Å². The molecule has 0 saturated carbocycles. The lowest BCUT2D eigenvalue weighted by Crippen LogP contribution is -2.50. The van der Waals surface area contributed by atoms with Gasteiger partial charge < -0.3 is 15.4 Å². The van der Waals surface area contributed by atoms with Crippen LogP contribution >= 0.6 is 0 Å². The Labute approximate surface area is 126 Å². The largest absolute Gasteiger partial charge is 0.483 e. The number of hydrogen-bond acceptors (Lipinski definition) is 4. The third kappa shape index (κ3) is 4.19. The quantitative estimate of drug-likeness (QED) is 0.871. The van der Waals surface area contributed by atoms with E-state index in [0.717, 1.165) is 49.6 Å². The summed E-state index contributed by atoms with van der Waals surface area (Å²) in [5.41, 5.74) is 7.68. The van der Waals surface area contributed by atoms with Crippen LogP contribution in [0.2, 0.25) is 0 Å². The number of piperazine rings is 1. The molecule has 1 amide bonds. The van der Waals surface area contributed by atoms with E-state index in [-0.39, 0.29) is 12.5 Å². The second-order valence-electron chi connectivity index (χ2n) is 5.52. The normalized spacial score (nSPS) is 16.0. The maximum absolute atomic E-state index is 12.2. The van der Waals surface area contributed by atoms with Crippen LogP contribution in [0.25, 0.3) is 0 Å². The molecule has 0 atom stereocenters. The number of rotatable bonds is 5. The summed E-state index contributed by atoms with van der Waals surface area (Å²) in [6.07, 6.45) is 0. The van der Waals surface area contributed by atoms with E-state index >= 15 is 0 Å². The Morgan fingerprint density at radius 2 is 1.81 bits per heavy atom. The van der Waals surface area contributed by atoms with Crippen molar-refractivity contribution in [3.05, 3.63) is 29.3 Å². The van der Waals surface area contributed by atoms with Gasteiger partial charge in [-0.25, -0.2) is 0 Å². The summed E-state index contributed by atoms with van der Waals surface area (Å²) in [5, 5.41) is 0. The standard InChI is InChI=1S/C16H25N3O2/c1-13-4-3-5-14(2)16(13)21-12-15(20)19-10-8-18(7-6-17)9-11-19/h3-5H,6-12,17H2,1-2H3. The van der Waals surface area contributed by atoms with E-state index in [1.807, 2.05) is 36.9 Å². The molecule has 0 unspecified atom stereocenters.